The van der Waals surface area contributed by atoms with Crippen molar-refractivity contribution in [1.29, 1.82) is 0 Å². The summed E-state index contributed by atoms with van der Waals surface area (Å²) in [5.74, 6) is -0.334. The molecule has 1 saturated heterocycles. The summed E-state index contributed by atoms with van der Waals surface area (Å²) < 4.78 is 10.6. The standard InChI is InChI=1S/C20H27N3O3/c1-3-26-20(24)17-14-22-18-6-5-15(2)13-16(18)19(17)21-7-4-8-23-9-11-25-12-10-23/h5-6,13-14H,3-4,7-12H2,1-2H3,(H,21,22). The molecule has 0 spiro atoms. The third kappa shape index (κ3) is 4.51. The Morgan fingerprint density at radius 2 is 2.15 bits per heavy atom. The highest BCUT2D eigenvalue weighted by Gasteiger charge is 2.17. The normalized spacial score (nSPS) is 15.2. The Hall–Kier alpha value is -2.18. The lowest BCUT2D eigenvalue weighted by Crippen LogP contribution is -2.37. The van der Waals surface area contributed by atoms with Gasteiger partial charge in [0.05, 0.1) is 31.0 Å². The lowest BCUT2D eigenvalue weighted by atomic mass is 10.1. The predicted octanol–water partition coefficient (Wildman–Crippen LogP) is 2.85. The fourth-order valence-electron chi connectivity index (χ4n) is 3.20. The van der Waals surface area contributed by atoms with E-state index in [2.05, 4.69) is 21.3 Å². The summed E-state index contributed by atoms with van der Waals surface area (Å²) in [4.78, 5) is 19.2. The summed E-state index contributed by atoms with van der Waals surface area (Å²) in [5, 5.41) is 4.42. The van der Waals surface area contributed by atoms with Crippen LogP contribution in [0.2, 0.25) is 0 Å². The molecular weight excluding hydrogens is 330 g/mol. The first-order chi connectivity index (χ1) is 12.7. The molecule has 0 amide bonds. The quantitative estimate of drug-likeness (QED) is 0.607. The van der Waals surface area contributed by atoms with Crippen LogP contribution in [0.25, 0.3) is 10.9 Å². The summed E-state index contributed by atoms with van der Waals surface area (Å²) in [5.41, 5.74) is 3.33. The van der Waals surface area contributed by atoms with Crippen LogP contribution in [0.3, 0.4) is 0 Å². The van der Waals surface area contributed by atoms with Crippen LogP contribution >= 0.6 is 0 Å². The molecule has 0 aliphatic carbocycles. The molecule has 6 heteroatoms. The van der Waals surface area contributed by atoms with Crippen molar-refractivity contribution in [2.75, 3.05) is 51.3 Å². The highest BCUT2D eigenvalue weighted by molar-refractivity contribution is 6.05. The van der Waals surface area contributed by atoms with Crippen LogP contribution in [0.5, 0.6) is 0 Å². The van der Waals surface area contributed by atoms with Crippen LogP contribution in [0.15, 0.2) is 24.4 Å². The van der Waals surface area contributed by atoms with E-state index in [9.17, 15) is 4.79 Å². The van der Waals surface area contributed by atoms with E-state index in [4.69, 9.17) is 9.47 Å². The van der Waals surface area contributed by atoms with Gasteiger partial charge in [-0.05, 0) is 38.9 Å². The number of morpholine rings is 1. The number of hydrogen-bond acceptors (Lipinski definition) is 6. The first kappa shape index (κ1) is 18.6. The zero-order valence-corrected chi connectivity index (χ0v) is 15.6. The first-order valence-electron chi connectivity index (χ1n) is 9.29. The SMILES string of the molecule is CCOC(=O)c1cnc2ccc(C)cc2c1NCCCN1CCOCC1. The molecule has 140 valence electrons. The van der Waals surface area contributed by atoms with Gasteiger partial charge in [0.1, 0.15) is 5.56 Å². The van der Waals surface area contributed by atoms with Gasteiger partial charge in [-0.15, -0.1) is 0 Å². The molecule has 0 unspecified atom stereocenters. The Labute approximate surface area is 154 Å². The molecule has 26 heavy (non-hydrogen) atoms. The van der Waals surface area contributed by atoms with Gasteiger partial charge in [0.2, 0.25) is 0 Å². The number of nitrogens with zero attached hydrogens (tertiary/aromatic N) is 2. The maximum absolute atomic E-state index is 12.3. The van der Waals surface area contributed by atoms with E-state index < -0.39 is 0 Å². The smallest absolute Gasteiger partial charge is 0.341 e. The van der Waals surface area contributed by atoms with Crippen molar-refractivity contribution in [2.24, 2.45) is 0 Å². The number of rotatable bonds is 7. The Bertz CT molecular complexity index is 757. The fraction of sp³-hybridized carbons (Fsp3) is 0.500. The van der Waals surface area contributed by atoms with E-state index >= 15 is 0 Å². The molecule has 3 rings (SSSR count). The van der Waals surface area contributed by atoms with Crippen LogP contribution in [0.1, 0.15) is 29.3 Å². The Balaban J connectivity index is 1.75. The van der Waals surface area contributed by atoms with E-state index in [1.54, 1.807) is 6.20 Å². The van der Waals surface area contributed by atoms with Gasteiger partial charge >= 0.3 is 5.97 Å². The number of anilines is 1. The van der Waals surface area contributed by atoms with E-state index in [1.807, 2.05) is 26.0 Å². The van der Waals surface area contributed by atoms with Gasteiger partial charge in [-0.3, -0.25) is 9.88 Å². The predicted molar refractivity (Wildman–Crippen MR) is 103 cm³/mol. The number of aromatic nitrogens is 1. The summed E-state index contributed by atoms with van der Waals surface area (Å²) in [7, 11) is 0. The molecule has 1 N–H and O–H groups in total. The first-order valence-corrected chi connectivity index (χ1v) is 9.29. The number of carbonyl (C=O) groups excluding carboxylic acids is 1. The lowest BCUT2D eigenvalue weighted by molar-refractivity contribution is 0.0378. The van der Waals surface area contributed by atoms with Crippen LogP contribution < -0.4 is 5.32 Å². The highest BCUT2D eigenvalue weighted by Crippen LogP contribution is 2.27. The number of pyridine rings is 1. The Morgan fingerprint density at radius 3 is 2.92 bits per heavy atom. The van der Waals surface area contributed by atoms with Gasteiger partial charge in [-0.1, -0.05) is 11.6 Å². The van der Waals surface area contributed by atoms with Crippen LogP contribution in [0, 0.1) is 6.92 Å². The van der Waals surface area contributed by atoms with Crippen molar-refractivity contribution in [3.8, 4) is 0 Å². The Kier molecular flexibility index (Phi) is 6.41. The number of esters is 1. The summed E-state index contributed by atoms with van der Waals surface area (Å²) >= 11 is 0. The van der Waals surface area contributed by atoms with Gasteiger partial charge in [0.25, 0.3) is 0 Å². The molecule has 0 saturated carbocycles. The largest absolute Gasteiger partial charge is 0.462 e. The van der Waals surface area contributed by atoms with Crippen molar-refractivity contribution >= 4 is 22.6 Å². The zero-order valence-electron chi connectivity index (χ0n) is 15.6. The number of benzene rings is 1. The molecule has 1 aliphatic heterocycles. The molecule has 0 radical (unpaired) electrons. The van der Waals surface area contributed by atoms with E-state index in [0.717, 1.165) is 68.0 Å². The van der Waals surface area contributed by atoms with Gasteiger partial charge in [-0.2, -0.15) is 0 Å². The minimum atomic E-state index is -0.334. The van der Waals surface area contributed by atoms with E-state index in [-0.39, 0.29) is 5.97 Å². The Morgan fingerprint density at radius 1 is 1.35 bits per heavy atom. The van der Waals surface area contributed by atoms with Gasteiger partial charge in [-0.25, -0.2) is 4.79 Å². The second-order valence-corrected chi connectivity index (χ2v) is 6.52. The number of fused-ring (bicyclic) bond motifs is 1. The number of nitrogens with one attached hydrogen (secondary N) is 1. The molecule has 1 aromatic heterocycles. The second kappa shape index (κ2) is 8.96. The van der Waals surface area contributed by atoms with Crippen LogP contribution in [-0.2, 0) is 9.47 Å². The minimum Gasteiger partial charge on any atom is -0.462 e. The van der Waals surface area contributed by atoms with Crippen LogP contribution in [-0.4, -0.2) is 61.9 Å². The monoisotopic (exact) mass is 357 g/mol. The molecule has 1 aromatic carbocycles. The van der Waals surface area contributed by atoms with Crippen molar-refractivity contribution in [3.63, 3.8) is 0 Å². The van der Waals surface area contributed by atoms with Crippen molar-refractivity contribution < 1.29 is 14.3 Å². The number of aryl methyl sites for hydroxylation is 1. The molecule has 2 heterocycles. The minimum absolute atomic E-state index is 0.334. The van der Waals surface area contributed by atoms with E-state index in [1.165, 1.54) is 0 Å². The molecule has 1 aliphatic rings. The van der Waals surface area contributed by atoms with Crippen LogP contribution in [0.4, 0.5) is 5.69 Å². The topological polar surface area (TPSA) is 63.7 Å². The fourth-order valence-corrected chi connectivity index (χ4v) is 3.20. The number of carbonyl (C=O) groups is 1. The van der Waals surface area contributed by atoms with Crippen molar-refractivity contribution in [1.82, 2.24) is 9.88 Å². The van der Waals surface area contributed by atoms with E-state index in [0.29, 0.717) is 12.2 Å². The average molecular weight is 357 g/mol. The van der Waals surface area contributed by atoms with Gasteiger partial charge in [0, 0.05) is 31.2 Å². The zero-order chi connectivity index (χ0) is 18.4. The summed E-state index contributed by atoms with van der Waals surface area (Å²) in [6.45, 7) is 9.62. The number of hydrogen-bond donors (Lipinski definition) is 1. The maximum Gasteiger partial charge on any atom is 0.341 e. The second-order valence-electron chi connectivity index (χ2n) is 6.52. The third-order valence-corrected chi connectivity index (χ3v) is 4.58. The molecule has 0 bridgehead atoms. The van der Waals surface area contributed by atoms with Gasteiger partial charge < -0.3 is 14.8 Å². The van der Waals surface area contributed by atoms with Crippen molar-refractivity contribution in [2.45, 2.75) is 20.3 Å². The molecule has 6 nitrogen and oxygen atoms in total. The van der Waals surface area contributed by atoms with Crippen molar-refractivity contribution in [3.05, 3.63) is 35.5 Å². The summed E-state index contributed by atoms with van der Waals surface area (Å²) in [6.07, 6.45) is 2.61. The number of ether oxygens (including phenoxy) is 2. The third-order valence-electron chi connectivity index (χ3n) is 4.58. The molecule has 2 aromatic rings. The summed E-state index contributed by atoms with van der Waals surface area (Å²) in [6, 6.07) is 6.08. The molecular formula is C20H27N3O3. The lowest BCUT2D eigenvalue weighted by Gasteiger charge is -2.26. The maximum atomic E-state index is 12.3. The highest BCUT2D eigenvalue weighted by atomic mass is 16.5. The van der Waals surface area contributed by atoms with Gasteiger partial charge in [0.15, 0.2) is 0 Å². The molecule has 1 fully saturated rings. The average Bonchev–Trinajstić information content (AvgIpc) is 2.66. The molecule has 0 atom stereocenters.